The molecule has 27 heavy (non-hydrogen) atoms. The number of hydrogen-bond donors (Lipinski definition) is 0. The van der Waals surface area contributed by atoms with Crippen LogP contribution in [-0.4, -0.2) is 11.7 Å². The van der Waals surface area contributed by atoms with E-state index >= 15 is 0 Å². The SMILES string of the molecule is COc1cn(Cc2ccccc2)c(-c2cccc(C(F)(F)F)c2Cl)cc1=O. The fourth-order valence-corrected chi connectivity index (χ4v) is 3.13. The van der Waals surface area contributed by atoms with Gasteiger partial charge in [0.2, 0.25) is 5.43 Å². The molecule has 0 aliphatic carbocycles. The van der Waals surface area contributed by atoms with E-state index in [-0.39, 0.29) is 17.0 Å². The summed E-state index contributed by atoms with van der Waals surface area (Å²) in [4.78, 5) is 12.2. The van der Waals surface area contributed by atoms with Crippen molar-refractivity contribution in [1.29, 1.82) is 0 Å². The van der Waals surface area contributed by atoms with E-state index in [9.17, 15) is 18.0 Å². The van der Waals surface area contributed by atoms with Gasteiger partial charge in [0.25, 0.3) is 0 Å². The van der Waals surface area contributed by atoms with E-state index in [2.05, 4.69) is 0 Å². The molecule has 1 heterocycles. The van der Waals surface area contributed by atoms with E-state index in [4.69, 9.17) is 16.3 Å². The first-order valence-electron chi connectivity index (χ1n) is 7.99. The van der Waals surface area contributed by atoms with Crippen molar-refractivity contribution < 1.29 is 17.9 Å². The van der Waals surface area contributed by atoms with E-state index in [1.807, 2.05) is 30.3 Å². The summed E-state index contributed by atoms with van der Waals surface area (Å²) in [5.41, 5.74) is -0.0723. The number of aromatic nitrogens is 1. The Labute approximate surface area is 158 Å². The predicted molar refractivity (Wildman–Crippen MR) is 98.2 cm³/mol. The summed E-state index contributed by atoms with van der Waals surface area (Å²) >= 11 is 6.06. The Bertz CT molecular complexity index is 1010. The molecule has 0 saturated carbocycles. The largest absolute Gasteiger partial charge is 0.491 e. The van der Waals surface area contributed by atoms with Gasteiger partial charge in [0.15, 0.2) is 5.75 Å². The van der Waals surface area contributed by atoms with Gasteiger partial charge in [0.05, 0.1) is 29.6 Å². The zero-order valence-corrected chi connectivity index (χ0v) is 15.0. The minimum absolute atomic E-state index is 0.0952. The van der Waals surface area contributed by atoms with Crippen molar-refractivity contribution in [3.05, 3.63) is 87.2 Å². The fourth-order valence-electron chi connectivity index (χ4n) is 2.80. The Morgan fingerprint density at radius 1 is 1.07 bits per heavy atom. The molecule has 0 atom stereocenters. The molecule has 3 aromatic rings. The second-order valence-corrected chi connectivity index (χ2v) is 6.25. The molecule has 0 fully saturated rings. The lowest BCUT2D eigenvalue weighted by Gasteiger charge is -2.18. The molecule has 1 aromatic heterocycles. The Kier molecular flexibility index (Phi) is 5.28. The van der Waals surface area contributed by atoms with Gasteiger partial charge in [-0.2, -0.15) is 13.2 Å². The average molecular weight is 394 g/mol. The molecule has 0 aliphatic heterocycles. The zero-order valence-electron chi connectivity index (χ0n) is 14.3. The summed E-state index contributed by atoms with van der Waals surface area (Å²) in [6.07, 6.45) is -3.12. The highest BCUT2D eigenvalue weighted by Crippen LogP contribution is 2.39. The van der Waals surface area contributed by atoms with Crippen molar-refractivity contribution in [3.8, 4) is 17.0 Å². The quantitative estimate of drug-likeness (QED) is 0.606. The summed E-state index contributed by atoms with van der Waals surface area (Å²) in [6.45, 7) is 0.333. The molecular weight excluding hydrogens is 379 g/mol. The number of halogens is 4. The number of nitrogens with zero attached hydrogens (tertiary/aromatic N) is 1. The van der Waals surface area contributed by atoms with Crippen molar-refractivity contribution >= 4 is 11.6 Å². The lowest BCUT2D eigenvalue weighted by Crippen LogP contribution is -2.14. The third-order valence-corrected chi connectivity index (χ3v) is 4.50. The Morgan fingerprint density at radius 3 is 2.41 bits per heavy atom. The normalized spacial score (nSPS) is 11.4. The second kappa shape index (κ2) is 7.48. The summed E-state index contributed by atoms with van der Waals surface area (Å²) < 4.78 is 46.4. The maximum atomic E-state index is 13.2. The minimum atomic E-state index is -4.59. The third kappa shape index (κ3) is 4.01. The number of benzene rings is 2. The van der Waals surface area contributed by atoms with Crippen molar-refractivity contribution in [1.82, 2.24) is 4.57 Å². The van der Waals surface area contributed by atoms with Crippen LogP contribution < -0.4 is 10.2 Å². The molecule has 0 unspecified atom stereocenters. The first-order valence-corrected chi connectivity index (χ1v) is 8.37. The van der Waals surface area contributed by atoms with Gasteiger partial charge >= 0.3 is 6.18 Å². The van der Waals surface area contributed by atoms with E-state index in [1.165, 1.54) is 31.5 Å². The van der Waals surface area contributed by atoms with Crippen molar-refractivity contribution in [2.45, 2.75) is 12.7 Å². The number of hydrogen-bond acceptors (Lipinski definition) is 2. The summed E-state index contributed by atoms with van der Waals surface area (Å²) in [5.74, 6) is 0.0952. The first kappa shape index (κ1) is 19.0. The standard InChI is InChI=1S/C20H15ClF3NO2/c1-27-18-12-25(11-13-6-3-2-4-7-13)16(10-17(18)26)14-8-5-9-15(19(14)21)20(22,23)24/h2-10,12H,11H2,1H3. The van der Waals surface area contributed by atoms with Gasteiger partial charge in [-0.15, -0.1) is 0 Å². The molecule has 0 spiro atoms. The van der Waals surface area contributed by atoms with Crippen LogP contribution >= 0.6 is 11.6 Å². The number of ether oxygens (including phenoxy) is 1. The van der Waals surface area contributed by atoms with Gasteiger partial charge in [-0.1, -0.05) is 54.1 Å². The molecule has 0 bridgehead atoms. The molecule has 0 aliphatic rings. The molecule has 0 saturated heterocycles. The summed E-state index contributed by atoms with van der Waals surface area (Å²) in [5, 5.41) is -0.448. The number of methoxy groups -OCH3 is 1. The topological polar surface area (TPSA) is 31.2 Å². The Morgan fingerprint density at radius 2 is 1.78 bits per heavy atom. The summed E-state index contributed by atoms with van der Waals surface area (Å²) in [7, 11) is 1.36. The zero-order chi connectivity index (χ0) is 19.6. The molecule has 3 nitrogen and oxygen atoms in total. The van der Waals surface area contributed by atoms with Gasteiger partial charge < -0.3 is 9.30 Å². The molecule has 2 aromatic carbocycles. The van der Waals surface area contributed by atoms with Gasteiger partial charge in [-0.25, -0.2) is 0 Å². The number of alkyl halides is 3. The lowest BCUT2D eigenvalue weighted by molar-refractivity contribution is -0.137. The van der Waals surface area contributed by atoms with Crippen LogP contribution in [0.15, 0.2) is 65.6 Å². The minimum Gasteiger partial charge on any atom is -0.491 e. The van der Waals surface area contributed by atoms with E-state index in [0.29, 0.717) is 6.54 Å². The van der Waals surface area contributed by atoms with Crippen LogP contribution in [0.25, 0.3) is 11.3 Å². The Balaban J connectivity index is 2.21. The molecule has 0 N–H and O–H groups in total. The van der Waals surface area contributed by atoms with E-state index in [1.54, 1.807) is 4.57 Å². The van der Waals surface area contributed by atoms with E-state index in [0.717, 1.165) is 11.6 Å². The van der Waals surface area contributed by atoms with Gasteiger partial charge in [-0.05, 0) is 11.6 Å². The molecule has 140 valence electrons. The molecule has 0 amide bonds. The van der Waals surface area contributed by atoms with Crippen molar-refractivity contribution in [2.24, 2.45) is 0 Å². The lowest BCUT2D eigenvalue weighted by atomic mass is 10.1. The van der Waals surface area contributed by atoms with Crippen LogP contribution in [0.3, 0.4) is 0 Å². The molecule has 3 rings (SSSR count). The van der Waals surface area contributed by atoms with Crippen LogP contribution in [0.2, 0.25) is 5.02 Å². The van der Waals surface area contributed by atoms with Crippen molar-refractivity contribution in [2.75, 3.05) is 7.11 Å². The van der Waals surface area contributed by atoms with Crippen molar-refractivity contribution in [3.63, 3.8) is 0 Å². The Hall–Kier alpha value is -2.73. The number of pyridine rings is 1. The maximum absolute atomic E-state index is 13.2. The van der Waals surface area contributed by atoms with E-state index < -0.39 is 22.2 Å². The van der Waals surface area contributed by atoms with Gasteiger partial charge in [-0.3, -0.25) is 4.79 Å². The predicted octanol–water partition coefficient (Wildman–Crippen LogP) is 5.24. The van der Waals surface area contributed by atoms with Crippen LogP contribution in [0.4, 0.5) is 13.2 Å². The maximum Gasteiger partial charge on any atom is 0.417 e. The molecule has 0 radical (unpaired) electrons. The average Bonchev–Trinajstić information content (AvgIpc) is 2.63. The second-order valence-electron chi connectivity index (χ2n) is 5.87. The molecular formula is C20H15ClF3NO2. The third-order valence-electron chi connectivity index (χ3n) is 4.09. The van der Waals surface area contributed by atoms with Crippen LogP contribution in [0.1, 0.15) is 11.1 Å². The van der Waals surface area contributed by atoms with Gasteiger partial charge in [0.1, 0.15) is 0 Å². The van der Waals surface area contributed by atoms with Crippen LogP contribution in [0, 0.1) is 0 Å². The highest BCUT2D eigenvalue weighted by molar-refractivity contribution is 6.34. The van der Waals surface area contributed by atoms with Crippen LogP contribution in [0.5, 0.6) is 5.75 Å². The highest BCUT2D eigenvalue weighted by Gasteiger charge is 2.34. The molecule has 7 heteroatoms. The highest BCUT2D eigenvalue weighted by atomic mass is 35.5. The fraction of sp³-hybridized carbons (Fsp3) is 0.150. The smallest absolute Gasteiger partial charge is 0.417 e. The summed E-state index contributed by atoms with van der Waals surface area (Å²) in [6, 6.07) is 14.2. The van der Waals surface area contributed by atoms with Crippen LogP contribution in [-0.2, 0) is 12.7 Å². The number of rotatable bonds is 4. The first-order chi connectivity index (χ1) is 12.8. The van der Waals surface area contributed by atoms with Gasteiger partial charge in [0, 0.05) is 18.2 Å². The monoisotopic (exact) mass is 393 g/mol.